The van der Waals surface area contributed by atoms with E-state index >= 15 is 0 Å². The van der Waals surface area contributed by atoms with Gasteiger partial charge in [0, 0.05) is 4.91 Å². The van der Waals surface area contributed by atoms with E-state index in [1.165, 1.54) is 11.8 Å². The SMILES string of the molecule is CS[C@@H]1OC(COC(=O)c2ccccc2)[C@H](O)[C@H](C)C1N=[N+]=[N-]. The minimum absolute atomic E-state index is 0.0563. The summed E-state index contributed by atoms with van der Waals surface area (Å²) >= 11 is 1.40. The van der Waals surface area contributed by atoms with Gasteiger partial charge in [-0.2, -0.15) is 0 Å². The minimum Gasteiger partial charge on any atom is -0.459 e. The van der Waals surface area contributed by atoms with Gasteiger partial charge in [0.2, 0.25) is 0 Å². The molecule has 2 rings (SSSR count). The lowest BCUT2D eigenvalue weighted by Gasteiger charge is -2.41. The molecule has 0 spiro atoms. The van der Waals surface area contributed by atoms with Gasteiger partial charge in [-0.1, -0.05) is 30.2 Å². The van der Waals surface area contributed by atoms with Crippen LogP contribution >= 0.6 is 11.8 Å². The van der Waals surface area contributed by atoms with Gasteiger partial charge < -0.3 is 14.6 Å². The van der Waals surface area contributed by atoms with Crippen molar-refractivity contribution in [2.24, 2.45) is 11.0 Å². The summed E-state index contributed by atoms with van der Waals surface area (Å²) in [6.07, 6.45) is 0.305. The lowest BCUT2D eigenvalue weighted by atomic mass is 9.90. The number of hydrogen-bond donors (Lipinski definition) is 1. The molecular weight excluding hydrogens is 318 g/mol. The topological polar surface area (TPSA) is 105 Å². The Labute approximate surface area is 138 Å². The number of carbonyl (C=O) groups is 1. The van der Waals surface area contributed by atoms with Crippen molar-refractivity contribution >= 4 is 17.7 Å². The lowest BCUT2D eigenvalue weighted by molar-refractivity contribution is -0.138. The maximum atomic E-state index is 12.0. The van der Waals surface area contributed by atoms with E-state index in [0.29, 0.717) is 5.56 Å². The predicted molar refractivity (Wildman–Crippen MR) is 87.0 cm³/mol. The quantitative estimate of drug-likeness (QED) is 0.385. The number of aliphatic hydroxyl groups excluding tert-OH is 1. The van der Waals surface area contributed by atoms with Gasteiger partial charge in [-0.05, 0) is 29.8 Å². The fraction of sp³-hybridized carbons (Fsp3) is 0.533. The molecular formula is C15H19N3O4S. The Kier molecular flexibility index (Phi) is 6.29. The van der Waals surface area contributed by atoms with E-state index < -0.39 is 24.2 Å². The third-order valence-electron chi connectivity index (χ3n) is 3.85. The zero-order chi connectivity index (χ0) is 16.8. The van der Waals surface area contributed by atoms with Gasteiger partial charge >= 0.3 is 5.97 Å². The first-order valence-electron chi connectivity index (χ1n) is 7.21. The second kappa shape index (κ2) is 8.21. The van der Waals surface area contributed by atoms with Crippen molar-refractivity contribution in [1.29, 1.82) is 0 Å². The summed E-state index contributed by atoms with van der Waals surface area (Å²) in [7, 11) is 0. The second-order valence-corrected chi connectivity index (χ2v) is 6.22. The average Bonchev–Trinajstić information content (AvgIpc) is 2.59. The molecule has 1 N–H and O–H groups in total. The number of azide groups is 1. The van der Waals surface area contributed by atoms with Crippen molar-refractivity contribution in [3.63, 3.8) is 0 Å². The molecule has 1 heterocycles. The van der Waals surface area contributed by atoms with E-state index in [4.69, 9.17) is 15.0 Å². The Balaban J connectivity index is 2.00. The summed E-state index contributed by atoms with van der Waals surface area (Å²) < 4.78 is 11.0. The zero-order valence-corrected chi connectivity index (χ0v) is 13.7. The number of nitrogens with zero attached hydrogens (tertiary/aromatic N) is 3. The molecule has 124 valence electrons. The van der Waals surface area contributed by atoms with Crippen LogP contribution in [0.5, 0.6) is 0 Å². The largest absolute Gasteiger partial charge is 0.459 e. The number of hydrogen-bond acceptors (Lipinski definition) is 6. The van der Waals surface area contributed by atoms with Gasteiger partial charge in [0.1, 0.15) is 18.1 Å². The van der Waals surface area contributed by atoms with Crippen molar-refractivity contribution in [3.05, 3.63) is 46.3 Å². The van der Waals surface area contributed by atoms with Gasteiger partial charge in [-0.3, -0.25) is 0 Å². The molecule has 0 aliphatic carbocycles. The molecule has 1 aliphatic heterocycles. The van der Waals surface area contributed by atoms with Gasteiger partial charge in [-0.15, -0.1) is 11.8 Å². The van der Waals surface area contributed by atoms with Gasteiger partial charge in [0.15, 0.2) is 0 Å². The zero-order valence-electron chi connectivity index (χ0n) is 12.9. The second-order valence-electron chi connectivity index (χ2n) is 5.29. The third-order valence-corrected chi connectivity index (χ3v) is 4.71. The van der Waals surface area contributed by atoms with E-state index in [1.54, 1.807) is 31.2 Å². The highest BCUT2D eigenvalue weighted by atomic mass is 32.2. The van der Waals surface area contributed by atoms with Crippen LogP contribution in [0.15, 0.2) is 35.4 Å². The monoisotopic (exact) mass is 337 g/mol. The van der Waals surface area contributed by atoms with E-state index in [0.717, 1.165) is 0 Å². The molecule has 1 aliphatic rings. The molecule has 1 saturated heterocycles. The number of thioether (sulfide) groups is 1. The van der Waals surface area contributed by atoms with Crippen LogP contribution in [0.25, 0.3) is 10.4 Å². The first-order chi connectivity index (χ1) is 11.1. The smallest absolute Gasteiger partial charge is 0.338 e. The Bertz CT molecular complexity index is 577. The summed E-state index contributed by atoms with van der Waals surface area (Å²) in [6.45, 7) is 1.74. The number of rotatable bonds is 5. The summed E-state index contributed by atoms with van der Waals surface area (Å²) in [6, 6.07) is 8.16. The van der Waals surface area contributed by atoms with Gasteiger partial charge in [0.05, 0.1) is 17.7 Å². The van der Waals surface area contributed by atoms with Crippen LogP contribution in [0.1, 0.15) is 17.3 Å². The highest BCUT2D eigenvalue weighted by molar-refractivity contribution is 7.99. The van der Waals surface area contributed by atoms with E-state index in [2.05, 4.69) is 10.0 Å². The maximum absolute atomic E-state index is 12.0. The summed E-state index contributed by atoms with van der Waals surface area (Å²) in [5.41, 5.74) is 8.71. The molecule has 0 aromatic heterocycles. The Morgan fingerprint density at radius 3 is 2.78 bits per heavy atom. The van der Waals surface area contributed by atoms with Crippen LogP contribution in [0.3, 0.4) is 0 Å². The van der Waals surface area contributed by atoms with Crippen LogP contribution in [-0.2, 0) is 9.47 Å². The standard InChI is InChI=1S/C15H19N3O4S/c1-9-12(17-18-16)15(23-2)22-11(13(9)19)8-21-14(20)10-6-4-3-5-7-10/h3-7,9,11-13,15,19H,8H2,1-2H3/t9-,11?,12?,13-,15+/m1/s1. The molecule has 8 heteroatoms. The minimum atomic E-state index is -0.877. The molecule has 2 unspecified atom stereocenters. The number of aliphatic hydroxyl groups is 1. The fourth-order valence-electron chi connectivity index (χ4n) is 2.49. The number of carbonyl (C=O) groups excluding carboxylic acids is 1. The number of esters is 1. The van der Waals surface area contributed by atoms with E-state index in [-0.39, 0.29) is 18.0 Å². The molecule has 5 atom stereocenters. The molecule has 0 amide bonds. The van der Waals surface area contributed by atoms with Crippen LogP contribution in [0, 0.1) is 5.92 Å². The summed E-state index contributed by atoms with van der Waals surface area (Å²) in [5, 5.41) is 14.0. The van der Waals surface area contributed by atoms with Crippen LogP contribution in [-0.4, -0.2) is 47.6 Å². The third kappa shape index (κ3) is 4.17. The molecule has 0 saturated carbocycles. The number of benzene rings is 1. The van der Waals surface area contributed by atoms with Crippen molar-refractivity contribution in [2.45, 2.75) is 30.6 Å². The highest BCUT2D eigenvalue weighted by Gasteiger charge is 2.42. The van der Waals surface area contributed by atoms with Crippen molar-refractivity contribution in [1.82, 2.24) is 0 Å². The van der Waals surface area contributed by atoms with Crippen molar-refractivity contribution in [3.8, 4) is 0 Å². The molecule has 1 fully saturated rings. The Morgan fingerprint density at radius 1 is 1.48 bits per heavy atom. The number of ether oxygens (including phenoxy) is 2. The summed E-state index contributed by atoms with van der Waals surface area (Å²) in [5.74, 6) is -0.760. The highest BCUT2D eigenvalue weighted by Crippen LogP contribution is 2.33. The maximum Gasteiger partial charge on any atom is 0.338 e. The van der Waals surface area contributed by atoms with Crippen molar-refractivity contribution < 1.29 is 19.4 Å². The predicted octanol–water partition coefficient (Wildman–Crippen LogP) is 2.61. The molecule has 1 aromatic carbocycles. The molecule has 1 aromatic rings. The van der Waals surface area contributed by atoms with Gasteiger partial charge in [-0.25, -0.2) is 4.79 Å². The Hall–Kier alpha value is -1.73. The summed E-state index contributed by atoms with van der Waals surface area (Å²) in [4.78, 5) is 14.8. The molecule has 0 radical (unpaired) electrons. The first-order valence-corrected chi connectivity index (χ1v) is 8.50. The lowest BCUT2D eigenvalue weighted by Crippen LogP contribution is -2.52. The molecule has 23 heavy (non-hydrogen) atoms. The molecule has 7 nitrogen and oxygen atoms in total. The van der Waals surface area contributed by atoms with Gasteiger partial charge in [0.25, 0.3) is 0 Å². The Morgan fingerprint density at radius 2 is 2.17 bits per heavy atom. The van der Waals surface area contributed by atoms with E-state index in [9.17, 15) is 9.90 Å². The first kappa shape index (κ1) is 17.6. The molecule has 0 bridgehead atoms. The van der Waals surface area contributed by atoms with Crippen LogP contribution in [0.2, 0.25) is 0 Å². The van der Waals surface area contributed by atoms with Crippen LogP contribution < -0.4 is 0 Å². The van der Waals surface area contributed by atoms with E-state index in [1.807, 2.05) is 12.3 Å². The van der Waals surface area contributed by atoms with Crippen LogP contribution in [0.4, 0.5) is 0 Å². The fourth-order valence-corrected chi connectivity index (χ4v) is 3.32. The normalized spacial score (nSPS) is 30.3. The average molecular weight is 337 g/mol. The van der Waals surface area contributed by atoms with Crippen molar-refractivity contribution in [2.75, 3.05) is 12.9 Å².